The molecule has 0 spiro atoms. The van der Waals surface area contributed by atoms with Gasteiger partial charge in [0.2, 0.25) is 11.8 Å². The highest BCUT2D eigenvalue weighted by Gasteiger charge is 2.31. The van der Waals surface area contributed by atoms with Gasteiger partial charge < -0.3 is 20.7 Å². The zero-order valence-electron chi connectivity index (χ0n) is 14.5. The number of amides is 2. The molecule has 6 nitrogen and oxygen atoms in total. The Hall–Kier alpha value is -2.08. The van der Waals surface area contributed by atoms with Gasteiger partial charge in [-0.15, -0.1) is 0 Å². The van der Waals surface area contributed by atoms with Crippen molar-refractivity contribution in [1.82, 2.24) is 4.90 Å². The lowest BCUT2D eigenvalue weighted by Gasteiger charge is -2.25. The van der Waals surface area contributed by atoms with Gasteiger partial charge in [-0.1, -0.05) is 19.1 Å². The smallest absolute Gasteiger partial charge is 0.244 e. The number of nitrogens with one attached hydrogen (secondary N) is 1. The first-order valence-electron chi connectivity index (χ1n) is 8.52. The minimum Gasteiger partial charge on any atom is -0.495 e. The van der Waals surface area contributed by atoms with Gasteiger partial charge in [-0.25, -0.2) is 0 Å². The molecule has 132 valence electrons. The molecule has 1 aromatic rings. The fourth-order valence-corrected chi connectivity index (χ4v) is 3.15. The topological polar surface area (TPSA) is 84.7 Å². The van der Waals surface area contributed by atoms with Gasteiger partial charge in [0.1, 0.15) is 5.75 Å². The molecule has 24 heavy (non-hydrogen) atoms. The Morgan fingerprint density at radius 3 is 2.71 bits per heavy atom. The van der Waals surface area contributed by atoms with Crippen molar-refractivity contribution in [2.45, 2.75) is 38.6 Å². The molecule has 0 radical (unpaired) electrons. The van der Waals surface area contributed by atoms with Gasteiger partial charge in [-0.05, 0) is 37.8 Å². The van der Waals surface area contributed by atoms with E-state index in [0.29, 0.717) is 24.4 Å². The van der Waals surface area contributed by atoms with Crippen molar-refractivity contribution >= 4 is 17.5 Å². The van der Waals surface area contributed by atoms with Crippen molar-refractivity contribution in [3.63, 3.8) is 0 Å². The van der Waals surface area contributed by atoms with Gasteiger partial charge in [0.15, 0.2) is 0 Å². The van der Waals surface area contributed by atoms with Crippen LogP contribution in [-0.2, 0) is 9.59 Å². The highest BCUT2D eigenvalue weighted by Crippen LogP contribution is 2.26. The van der Waals surface area contributed by atoms with E-state index in [0.717, 1.165) is 19.3 Å². The van der Waals surface area contributed by atoms with Gasteiger partial charge in [0.05, 0.1) is 19.3 Å². The number of carbonyl (C=O) groups excluding carboxylic acids is 2. The van der Waals surface area contributed by atoms with Crippen LogP contribution in [0.5, 0.6) is 5.75 Å². The zero-order chi connectivity index (χ0) is 17.5. The molecule has 1 aliphatic rings. The predicted octanol–water partition coefficient (Wildman–Crippen LogP) is 2.00. The van der Waals surface area contributed by atoms with Gasteiger partial charge in [0.25, 0.3) is 0 Å². The fraction of sp³-hybridized carbons (Fsp3) is 0.556. The van der Waals surface area contributed by atoms with E-state index in [-0.39, 0.29) is 30.3 Å². The molecule has 2 amide bonds. The predicted molar refractivity (Wildman–Crippen MR) is 93.8 cm³/mol. The third kappa shape index (κ3) is 4.71. The normalized spacial score (nSPS) is 19.8. The van der Waals surface area contributed by atoms with Crippen molar-refractivity contribution in [3.8, 4) is 5.75 Å². The average molecular weight is 333 g/mol. The Bertz CT molecular complexity index is 576. The van der Waals surface area contributed by atoms with Crippen molar-refractivity contribution in [1.29, 1.82) is 0 Å². The SMILES string of the molecule is CCCN(CC(=O)Nc1ccccc1OC)C(=O)C1CCC(N)C1. The molecule has 0 aliphatic heterocycles. The number of benzene rings is 1. The second kappa shape index (κ2) is 8.68. The molecule has 0 saturated heterocycles. The Kier molecular flexibility index (Phi) is 6.61. The Morgan fingerprint density at radius 2 is 2.08 bits per heavy atom. The Labute approximate surface area is 143 Å². The quantitative estimate of drug-likeness (QED) is 0.799. The van der Waals surface area contributed by atoms with Crippen LogP contribution in [0.3, 0.4) is 0 Å². The average Bonchev–Trinajstić information content (AvgIpc) is 3.00. The Morgan fingerprint density at radius 1 is 1.33 bits per heavy atom. The summed E-state index contributed by atoms with van der Waals surface area (Å²) in [6, 6.07) is 7.32. The first kappa shape index (κ1) is 18.3. The summed E-state index contributed by atoms with van der Waals surface area (Å²) in [6.45, 7) is 2.62. The fourth-order valence-electron chi connectivity index (χ4n) is 3.15. The third-order valence-electron chi connectivity index (χ3n) is 4.34. The van der Waals surface area contributed by atoms with E-state index in [1.54, 1.807) is 24.1 Å². The van der Waals surface area contributed by atoms with Crippen LogP contribution in [0.1, 0.15) is 32.6 Å². The molecular weight excluding hydrogens is 306 g/mol. The maximum Gasteiger partial charge on any atom is 0.244 e. The number of nitrogens with zero attached hydrogens (tertiary/aromatic N) is 1. The minimum atomic E-state index is -0.219. The summed E-state index contributed by atoms with van der Waals surface area (Å²) >= 11 is 0. The number of rotatable bonds is 7. The highest BCUT2D eigenvalue weighted by atomic mass is 16.5. The van der Waals surface area contributed by atoms with Crippen molar-refractivity contribution in [2.24, 2.45) is 11.7 Å². The molecule has 2 atom stereocenters. The minimum absolute atomic E-state index is 0.0416. The largest absolute Gasteiger partial charge is 0.495 e. The van der Waals surface area contributed by atoms with E-state index in [9.17, 15) is 9.59 Å². The van der Waals surface area contributed by atoms with E-state index >= 15 is 0 Å². The Balaban J connectivity index is 1.99. The number of nitrogens with two attached hydrogens (primary N) is 1. The van der Waals surface area contributed by atoms with Crippen molar-refractivity contribution in [2.75, 3.05) is 25.5 Å². The van der Waals surface area contributed by atoms with Gasteiger partial charge in [-0.3, -0.25) is 9.59 Å². The second-order valence-electron chi connectivity index (χ2n) is 6.28. The van der Waals surface area contributed by atoms with Gasteiger partial charge in [-0.2, -0.15) is 0 Å². The highest BCUT2D eigenvalue weighted by molar-refractivity contribution is 5.96. The monoisotopic (exact) mass is 333 g/mol. The molecule has 2 rings (SSSR count). The van der Waals surface area contributed by atoms with Crippen LogP contribution >= 0.6 is 0 Å². The van der Waals surface area contributed by atoms with E-state index in [4.69, 9.17) is 10.5 Å². The van der Waals surface area contributed by atoms with Gasteiger partial charge >= 0.3 is 0 Å². The van der Waals surface area contributed by atoms with Crippen LogP contribution < -0.4 is 15.8 Å². The number of para-hydroxylation sites is 2. The maximum absolute atomic E-state index is 12.7. The molecule has 1 fully saturated rings. The number of hydrogen-bond donors (Lipinski definition) is 2. The van der Waals surface area contributed by atoms with Crippen molar-refractivity contribution < 1.29 is 14.3 Å². The standard InChI is InChI=1S/C18H27N3O3/c1-3-10-21(18(23)13-8-9-14(19)11-13)12-17(22)20-15-6-4-5-7-16(15)24-2/h4-7,13-14H,3,8-12,19H2,1-2H3,(H,20,22). The number of ether oxygens (including phenoxy) is 1. The summed E-state index contributed by atoms with van der Waals surface area (Å²) in [6.07, 6.45) is 3.22. The van der Waals surface area contributed by atoms with Crippen molar-refractivity contribution in [3.05, 3.63) is 24.3 Å². The zero-order valence-corrected chi connectivity index (χ0v) is 14.5. The molecule has 6 heteroatoms. The van der Waals surface area contributed by atoms with Crippen LogP contribution in [0.25, 0.3) is 0 Å². The summed E-state index contributed by atoms with van der Waals surface area (Å²) in [7, 11) is 1.56. The van der Waals surface area contributed by atoms with E-state index < -0.39 is 0 Å². The maximum atomic E-state index is 12.7. The van der Waals surface area contributed by atoms with Crippen LogP contribution in [-0.4, -0.2) is 43.0 Å². The molecule has 3 N–H and O–H groups in total. The van der Waals surface area contributed by atoms with Crippen LogP contribution in [0.15, 0.2) is 24.3 Å². The first-order valence-corrected chi connectivity index (χ1v) is 8.52. The first-order chi connectivity index (χ1) is 11.5. The lowest BCUT2D eigenvalue weighted by Crippen LogP contribution is -2.41. The summed E-state index contributed by atoms with van der Waals surface area (Å²) in [4.78, 5) is 26.7. The molecule has 2 unspecified atom stereocenters. The molecule has 1 aromatic carbocycles. The van der Waals surface area contributed by atoms with E-state index in [2.05, 4.69) is 5.32 Å². The van der Waals surface area contributed by atoms with Crippen LogP contribution in [0.4, 0.5) is 5.69 Å². The number of hydrogen-bond acceptors (Lipinski definition) is 4. The molecule has 0 bridgehead atoms. The lowest BCUT2D eigenvalue weighted by atomic mass is 10.1. The summed E-state index contributed by atoms with van der Waals surface area (Å²) < 4.78 is 5.23. The summed E-state index contributed by atoms with van der Waals surface area (Å²) in [5.74, 6) is 0.371. The molecule has 0 aromatic heterocycles. The molecular formula is C18H27N3O3. The second-order valence-corrected chi connectivity index (χ2v) is 6.28. The summed E-state index contributed by atoms with van der Waals surface area (Å²) in [5, 5.41) is 2.82. The third-order valence-corrected chi connectivity index (χ3v) is 4.34. The van der Waals surface area contributed by atoms with Gasteiger partial charge in [0, 0.05) is 18.5 Å². The molecule has 1 aliphatic carbocycles. The van der Waals surface area contributed by atoms with Crippen LogP contribution in [0, 0.1) is 5.92 Å². The number of anilines is 1. The van der Waals surface area contributed by atoms with E-state index in [1.807, 2.05) is 19.1 Å². The van der Waals surface area contributed by atoms with E-state index in [1.165, 1.54) is 0 Å². The van der Waals surface area contributed by atoms with Crippen LogP contribution in [0.2, 0.25) is 0 Å². The molecule has 0 heterocycles. The number of methoxy groups -OCH3 is 1. The lowest BCUT2D eigenvalue weighted by molar-refractivity contribution is -0.138. The molecule has 1 saturated carbocycles. The summed E-state index contributed by atoms with van der Waals surface area (Å²) in [5.41, 5.74) is 6.52. The number of carbonyl (C=O) groups is 2.